The molecule has 1 aromatic carbocycles. The molecule has 1 saturated heterocycles. The van der Waals surface area contributed by atoms with Gasteiger partial charge in [-0.3, -0.25) is 61.8 Å². The lowest BCUT2D eigenvalue weighted by Gasteiger charge is -2.32. The topological polar surface area (TPSA) is 534 Å². The maximum atomic E-state index is 15.3. The van der Waals surface area contributed by atoms with Gasteiger partial charge >= 0.3 is 0 Å². The molecule has 0 saturated carbocycles. The maximum Gasteiger partial charge on any atom is 0.253 e. The number of aliphatic hydroxyl groups is 3. The highest BCUT2D eigenvalue weighted by molar-refractivity contribution is 7.98. The number of hydrogen-bond donors (Lipinski definition) is 13. The van der Waals surface area contributed by atoms with Crippen molar-refractivity contribution in [2.45, 2.75) is 106 Å². The number of aromatic amines is 1. The first-order valence-corrected chi connectivity index (χ1v) is 40.3. The number of nitrogens with zero attached hydrogens (tertiary/aromatic N) is 2. The average molecular weight is 1640 g/mol. The van der Waals surface area contributed by atoms with Crippen LogP contribution in [-0.2, 0) is 128 Å². The molecular weight excluding hydrogens is 1530 g/mol. The number of amides is 9. The van der Waals surface area contributed by atoms with Crippen LogP contribution >= 0.6 is 11.8 Å². The number of ether oxygens (including phenoxy) is 11. The Balaban J connectivity index is 0.914. The first-order valence-electron chi connectivity index (χ1n) is 37.9. The molecular formula is C73H113N11O27S2. The van der Waals surface area contributed by atoms with Gasteiger partial charge in [0.05, 0.1) is 218 Å². The Kier molecular flexibility index (Phi) is 43.4. The zero-order valence-electron chi connectivity index (χ0n) is 64.4. The molecule has 0 spiro atoms. The monoisotopic (exact) mass is 1640 g/mol. The van der Waals surface area contributed by atoms with Crippen LogP contribution in [0.25, 0.3) is 10.9 Å². The minimum atomic E-state index is -2.45. The van der Waals surface area contributed by atoms with Crippen LogP contribution in [0.15, 0.2) is 41.2 Å². The van der Waals surface area contributed by atoms with Gasteiger partial charge in [-0.25, -0.2) is 0 Å². The molecule has 113 heavy (non-hydrogen) atoms. The summed E-state index contributed by atoms with van der Waals surface area (Å²) in [5.74, 6) is -14.0. The largest absolute Gasteiger partial charge is 0.508 e. The number of Topliss-reactive ketones (excluding diaryl/α,β-unsaturated/α-hetero) is 2. The second kappa shape index (κ2) is 52.0. The Hall–Kier alpha value is -7.65. The van der Waals surface area contributed by atoms with Crippen molar-refractivity contribution in [3.05, 3.63) is 47.3 Å². The fraction of sp³-hybridized carbons (Fsp3) is 0.685. The Labute approximate surface area is 662 Å². The normalized spacial score (nSPS) is 22.2. The van der Waals surface area contributed by atoms with Gasteiger partial charge in [-0.2, -0.15) is 11.8 Å². The Morgan fingerprint density at radius 2 is 1.21 bits per heavy atom. The number of phenols is 1. The van der Waals surface area contributed by atoms with Gasteiger partial charge in [-0.1, -0.05) is 27.2 Å². The molecule has 4 aliphatic rings. The predicted molar refractivity (Wildman–Crippen MR) is 406 cm³/mol. The molecule has 15 N–H and O–H groups in total. The van der Waals surface area contributed by atoms with Gasteiger partial charge in [0.15, 0.2) is 11.6 Å². The molecule has 0 radical (unpaired) electrons. The molecule has 0 aliphatic carbocycles. The van der Waals surface area contributed by atoms with Gasteiger partial charge < -0.3 is 126 Å². The number of imide groups is 1. The van der Waals surface area contributed by atoms with Gasteiger partial charge in [-0.15, -0.1) is 0 Å². The third-order valence-corrected chi connectivity index (χ3v) is 21.1. The zero-order valence-corrected chi connectivity index (χ0v) is 66.0. The van der Waals surface area contributed by atoms with Crippen molar-refractivity contribution < 1.29 is 129 Å². The number of hydrogen-bond acceptors (Lipinski definition) is 30. The first kappa shape index (κ1) is 94.2. The number of thioether (sulfide) groups is 1. The smallest absolute Gasteiger partial charge is 0.253 e. The number of rotatable bonds is 48. The average Bonchev–Trinajstić information content (AvgIpc) is 1.62. The molecule has 2 bridgehead atoms. The van der Waals surface area contributed by atoms with Crippen LogP contribution in [0.5, 0.6) is 5.75 Å². The summed E-state index contributed by atoms with van der Waals surface area (Å²) in [4.78, 5) is 156. The minimum Gasteiger partial charge on any atom is -0.508 e. The van der Waals surface area contributed by atoms with E-state index in [1.54, 1.807) is 20.0 Å². The lowest BCUT2D eigenvalue weighted by molar-refractivity contribution is -0.144. The van der Waals surface area contributed by atoms with Crippen LogP contribution in [0.4, 0.5) is 0 Å². The number of aromatic nitrogens is 1. The lowest BCUT2D eigenvalue weighted by Crippen LogP contribution is -2.60. The summed E-state index contributed by atoms with van der Waals surface area (Å²) in [6.07, 6.45) is -1.56. The summed E-state index contributed by atoms with van der Waals surface area (Å²) < 4.78 is 76.5. The van der Waals surface area contributed by atoms with E-state index < -0.39 is 200 Å². The highest BCUT2D eigenvalue weighted by Gasteiger charge is 2.45. The van der Waals surface area contributed by atoms with E-state index in [1.807, 2.05) is 0 Å². The number of benzene rings is 1. The number of ketones is 2. The predicted octanol–water partition coefficient (Wildman–Crippen LogP) is -4.01. The first-order chi connectivity index (χ1) is 54.4. The summed E-state index contributed by atoms with van der Waals surface area (Å²) in [7, 11) is -2.45. The van der Waals surface area contributed by atoms with E-state index >= 15 is 4.21 Å². The quantitative estimate of drug-likeness (QED) is 0.0222. The molecule has 38 nitrogen and oxygen atoms in total. The number of nitrogens with two attached hydrogens (primary N) is 2. The fourth-order valence-electron chi connectivity index (χ4n) is 12.3. The van der Waals surface area contributed by atoms with Crippen LogP contribution in [0, 0.1) is 23.7 Å². The number of carbonyl (C=O) groups excluding carboxylic acids is 11. The van der Waals surface area contributed by atoms with Crippen molar-refractivity contribution in [2.24, 2.45) is 35.1 Å². The van der Waals surface area contributed by atoms with Gasteiger partial charge in [0.25, 0.3) is 11.8 Å². The second-order valence-corrected chi connectivity index (χ2v) is 29.6. The zero-order chi connectivity index (χ0) is 82.0. The Morgan fingerprint density at radius 3 is 1.74 bits per heavy atom. The van der Waals surface area contributed by atoms with Gasteiger partial charge in [0.1, 0.15) is 28.9 Å². The fourth-order valence-corrected chi connectivity index (χ4v) is 14.5. The number of phenolic OH excluding ortho intramolecular Hbond substituents is 1. The van der Waals surface area contributed by atoms with Gasteiger partial charge in [-0.05, 0) is 30.0 Å². The molecule has 4 aliphatic heterocycles. The van der Waals surface area contributed by atoms with Gasteiger partial charge in [0, 0.05) is 96.6 Å². The van der Waals surface area contributed by atoms with E-state index in [9.17, 15) is 73.2 Å². The standard InChI is InChI=1S/C73H113N11O27S2/c1-4-46(2)53-35-50(86)39-77-68(95)48-33-54-52-5-6-59(88)55(67(52)82-72(54)113(100)45-57(79-63(92)40-78-69(53)96)70(97)80-56(37-62(75)91)73(99)83-42-51(87)36-58(83)71(98)81-66(60(89)34-48)47(3)61(90)43-85)44-112-32-31-111-30-29-110-28-27-109-26-25-108-24-23-107-22-21-106-20-19-105-18-17-104-16-15-103-14-13-102-12-11-101-10-9-76-38-49(74)41-84-64(93)7-8-65(84)94/h5-8,38,46-48,51,53,56-58,61,66,76,82,85,87-88,90H,4,9-37,39-45,74H2,1-3H3,(H2,75,91)(H,77,95)(H,78,96)(H,79,92)(H,80,97)(H,81,98)/b49-38-/t46-,47-,48+,51+,53-,56-,57-,58-,61-,66-,113?/m0/s1. The van der Waals surface area contributed by atoms with Crippen molar-refractivity contribution in [3.63, 3.8) is 0 Å². The number of fused-ring (bicyclic) bond motifs is 5. The highest BCUT2D eigenvalue weighted by atomic mass is 32.2. The third-order valence-electron chi connectivity index (χ3n) is 18.7. The summed E-state index contributed by atoms with van der Waals surface area (Å²) in [6.45, 7) is 10.7. The van der Waals surface area contributed by atoms with E-state index in [0.29, 0.717) is 161 Å². The molecule has 11 atom stereocenters. The van der Waals surface area contributed by atoms with E-state index in [0.717, 1.165) is 9.80 Å². The number of H-pyrrole nitrogens is 1. The third kappa shape index (κ3) is 32.9. The van der Waals surface area contributed by atoms with Crippen LogP contribution in [0.1, 0.15) is 64.0 Å². The lowest BCUT2D eigenvalue weighted by atomic mass is 9.85. The maximum absolute atomic E-state index is 15.3. The molecule has 6 rings (SSSR count). The van der Waals surface area contributed by atoms with Crippen molar-refractivity contribution in [1.29, 1.82) is 0 Å². The molecule has 1 fully saturated rings. The molecule has 2 aromatic rings. The Bertz CT molecular complexity index is 3480. The molecule has 634 valence electrons. The van der Waals surface area contributed by atoms with Crippen LogP contribution in [0.2, 0.25) is 0 Å². The highest BCUT2D eigenvalue weighted by Crippen LogP contribution is 2.37. The number of primary amides is 1. The van der Waals surface area contributed by atoms with Crippen LogP contribution in [0.3, 0.4) is 0 Å². The molecule has 40 heteroatoms. The van der Waals surface area contributed by atoms with Crippen LogP contribution in [-0.4, -0.2) is 337 Å². The minimum absolute atomic E-state index is 0.0163. The summed E-state index contributed by atoms with van der Waals surface area (Å²) in [5, 5.41) is 59.2. The van der Waals surface area contributed by atoms with E-state index in [-0.39, 0.29) is 54.0 Å². The second-order valence-electron chi connectivity index (χ2n) is 27.1. The van der Waals surface area contributed by atoms with Crippen molar-refractivity contribution in [3.8, 4) is 5.75 Å². The number of aliphatic hydroxyl groups excluding tert-OH is 3. The van der Waals surface area contributed by atoms with E-state index in [4.69, 9.17) is 63.6 Å². The summed E-state index contributed by atoms with van der Waals surface area (Å²) in [5.41, 5.74) is 12.5. The number of nitrogens with one attached hydrogen (secondary N) is 7. The number of carbonyl (C=O) groups is 11. The van der Waals surface area contributed by atoms with E-state index in [2.05, 4.69) is 36.9 Å². The molecule has 1 aromatic heterocycles. The van der Waals surface area contributed by atoms with Gasteiger partial charge in [0.2, 0.25) is 41.4 Å². The SMILES string of the molecule is CC[C@H](C)[C@@H]1CC(=O)CNC(=O)[C@H]2CC(=O)[C@H]([C@@H](C)[C@@H](O)CO)NC(=O)[C@@H]3C[C@@H](O)CN3C(=O)[C@H](CC(N)=O)NC(=O)[C@H](CS(=O)c3[nH]c4c(CSCCOCCOCCOCCOCCOCCOCCOCCOCCOCCOCCOCCN/C=C(\N)CN5C(=O)C=CC5=O)c(O)ccc4c3C2)NC(=O)CNC1=O. The van der Waals surface area contributed by atoms with Crippen LogP contribution < -0.4 is 43.4 Å². The molecule has 1 unspecified atom stereocenters. The van der Waals surface area contributed by atoms with Crippen molar-refractivity contribution >= 4 is 98.2 Å². The Morgan fingerprint density at radius 1 is 0.681 bits per heavy atom. The van der Waals surface area contributed by atoms with Crippen molar-refractivity contribution in [1.82, 2.24) is 46.7 Å². The summed E-state index contributed by atoms with van der Waals surface area (Å²) in [6, 6.07) is -4.17. The van der Waals surface area contributed by atoms with E-state index in [1.165, 1.54) is 43.0 Å². The summed E-state index contributed by atoms with van der Waals surface area (Å²) >= 11 is 1.36. The van der Waals surface area contributed by atoms with Crippen molar-refractivity contribution in [2.75, 3.05) is 196 Å². The molecule has 5 heterocycles. The molecule has 9 amide bonds. The number of aromatic hydroxyl groups is 1.